The number of carbonyl (C=O) groups is 3. The van der Waals surface area contributed by atoms with Gasteiger partial charge in [-0.25, -0.2) is 4.79 Å². The van der Waals surface area contributed by atoms with E-state index in [1.54, 1.807) is 49.4 Å². The predicted molar refractivity (Wildman–Crippen MR) is 102 cm³/mol. The smallest absolute Gasteiger partial charge is 0.344 e. The summed E-state index contributed by atoms with van der Waals surface area (Å²) < 4.78 is 15.7. The van der Waals surface area contributed by atoms with E-state index in [9.17, 15) is 14.4 Å². The Balaban J connectivity index is 1.48. The molecule has 1 N–H and O–H groups in total. The van der Waals surface area contributed by atoms with Gasteiger partial charge in [-0.2, -0.15) is 0 Å². The summed E-state index contributed by atoms with van der Waals surface area (Å²) in [6, 6.07) is 11.8. The van der Waals surface area contributed by atoms with Crippen molar-refractivity contribution in [1.29, 1.82) is 0 Å². The number of carbonyl (C=O) groups excluding carboxylic acids is 3. The van der Waals surface area contributed by atoms with Crippen LogP contribution in [-0.4, -0.2) is 37.5 Å². The number of benzene rings is 2. The second-order valence-electron chi connectivity index (χ2n) is 6.29. The average Bonchev–Trinajstić information content (AvgIpc) is 2.99. The summed E-state index contributed by atoms with van der Waals surface area (Å²) in [7, 11) is 0. The molecule has 28 heavy (non-hydrogen) atoms. The molecule has 0 radical (unpaired) electrons. The van der Waals surface area contributed by atoms with Crippen molar-refractivity contribution in [1.82, 2.24) is 0 Å². The van der Waals surface area contributed by atoms with E-state index >= 15 is 0 Å². The number of esters is 1. The highest BCUT2D eigenvalue weighted by Gasteiger charge is 2.27. The lowest BCUT2D eigenvalue weighted by atomic mass is 9.99. The van der Waals surface area contributed by atoms with Gasteiger partial charge in [-0.15, -0.1) is 0 Å². The van der Waals surface area contributed by atoms with Crippen molar-refractivity contribution in [2.75, 3.05) is 25.1 Å². The Bertz CT molecular complexity index is 890. The number of amides is 1. The maximum absolute atomic E-state index is 12.3. The van der Waals surface area contributed by atoms with E-state index in [1.165, 1.54) is 0 Å². The van der Waals surface area contributed by atoms with E-state index in [0.29, 0.717) is 29.4 Å². The summed E-state index contributed by atoms with van der Waals surface area (Å²) in [5.41, 5.74) is 1.86. The number of nitrogens with one attached hydrogen (secondary N) is 1. The molecule has 1 heterocycles. The van der Waals surface area contributed by atoms with Crippen LogP contribution in [0.15, 0.2) is 42.5 Å². The zero-order chi connectivity index (χ0) is 20.1. The van der Waals surface area contributed by atoms with Gasteiger partial charge in [-0.1, -0.05) is 0 Å². The van der Waals surface area contributed by atoms with Crippen LogP contribution in [0.3, 0.4) is 0 Å². The van der Waals surface area contributed by atoms with Gasteiger partial charge < -0.3 is 19.5 Å². The molecule has 0 saturated heterocycles. The van der Waals surface area contributed by atoms with Gasteiger partial charge in [-0.05, 0) is 61.9 Å². The van der Waals surface area contributed by atoms with Gasteiger partial charge in [0.15, 0.2) is 19.0 Å². The lowest BCUT2D eigenvalue weighted by molar-refractivity contribution is -0.144. The van der Waals surface area contributed by atoms with Gasteiger partial charge in [0.2, 0.25) is 5.91 Å². The van der Waals surface area contributed by atoms with Gasteiger partial charge in [0.1, 0.15) is 11.5 Å². The van der Waals surface area contributed by atoms with Crippen LogP contribution in [0, 0.1) is 0 Å². The summed E-state index contributed by atoms with van der Waals surface area (Å²) in [5.74, 6) is -0.192. The predicted octanol–water partition coefficient (Wildman–Crippen LogP) is 2.95. The van der Waals surface area contributed by atoms with E-state index in [0.717, 1.165) is 5.56 Å². The summed E-state index contributed by atoms with van der Waals surface area (Å²) in [6.45, 7) is 3.53. The molecule has 7 nitrogen and oxygen atoms in total. The van der Waals surface area contributed by atoms with Gasteiger partial charge in [-0.3, -0.25) is 9.59 Å². The summed E-state index contributed by atoms with van der Waals surface area (Å²) in [4.78, 5) is 35.8. The van der Waals surface area contributed by atoms with Crippen LogP contribution in [0.2, 0.25) is 0 Å². The van der Waals surface area contributed by atoms with Gasteiger partial charge >= 0.3 is 5.97 Å². The lowest BCUT2D eigenvalue weighted by Gasteiger charge is -2.09. The molecule has 1 atom stereocenters. The highest BCUT2D eigenvalue weighted by atomic mass is 16.6. The minimum absolute atomic E-state index is 0.0996. The Morgan fingerprint density at radius 2 is 1.68 bits per heavy atom. The average molecular weight is 383 g/mol. The van der Waals surface area contributed by atoms with Crippen LogP contribution < -0.4 is 14.8 Å². The molecular formula is C21H21NO6. The minimum atomic E-state index is -0.645. The van der Waals surface area contributed by atoms with Crippen molar-refractivity contribution in [3.63, 3.8) is 0 Å². The molecule has 1 amide bonds. The topological polar surface area (TPSA) is 90.9 Å². The first-order valence-electron chi connectivity index (χ1n) is 8.97. The fraction of sp³-hybridized carbons (Fsp3) is 0.286. The Labute approximate surface area is 162 Å². The molecule has 0 saturated carbocycles. The number of rotatable bonds is 8. The molecule has 7 heteroatoms. The normalized spacial score (nSPS) is 14.8. The van der Waals surface area contributed by atoms with E-state index in [4.69, 9.17) is 14.2 Å². The van der Waals surface area contributed by atoms with Crippen LogP contribution in [0.5, 0.6) is 11.5 Å². The van der Waals surface area contributed by atoms with Crippen molar-refractivity contribution in [3.05, 3.63) is 53.6 Å². The maximum atomic E-state index is 12.3. The first kappa shape index (κ1) is 19.4. The second-order valence-corrected chi connectivity index (χ2v) is 6.29. The van der Waals surface area contributed by atoms with Crippen LogP contribution in [0.25, 0.3) is 0 Å². The van der Waals surface area contributed by atoms with Gasteiger partial charge in [0, 0.05) is 11.3 Å². The third-order valence-electron chi connectivity index (χ3n) is 4.35. The molecule has 0 unspecified atom stereocenters. The van der Waals surface area contributed by atoms with E-state index in [-0.39, 0.29) is 30.8 Å². The Hall–Kier alpha value is -3.35. The highest BCUT2D eigenvalue weighted by molar-refractivity contribution is 6.05. The molecule has 146 valence electrons. The largest absolute Gasteiger partial charge is 0.494 e. The van der Waals surface area contributed by atoms with Crippen LogP contribution >= 0.6 is 0 Å². The zero-order valence-electron chi connectivity index (χ0n) is 15.7. The molecule has 3 rings (SSSR count). The summed E-state index contributed by atoms with van der Waals surface area (Å²) >= 11 is 0. The van der Waals surface area contributed by atoms with Gasteiger partial charge in [0.25, 0.3) is 0 Å². The zero-order valence-corrected chi connectivity index (χ0v) is 15.7. The fourth-order valence-electron chi connectivity index (χ4n) is 2.80. The summed E-state index contributed by atoms with van der Waals surface area (Å²) in [5, 5.41) is 2.75. The van der Waals surface area contributed by atoms with Crippen LogP contribution in [-0.2, 0) is 14.3 Å². The van der Waals surface area contributed by atoms with E-state index < -0.39 is 5.97 Å². The van der Waals surface area contributed by atoms with Crippen molar-refractivity contribution < 1.29 is 28.6 Å². The quantitative estimate of drug-likeness (QED) is 0.557. The van der Waals surface area contributed by atoms with Crippen molar-refractivity contribution in [2.45, 2.75) is 19.8 Å². The fourth-order valence-corrected chi connectivity index (χ4v) is 2.80. The third kappa shape index (κ3) is 4.49. The first-order chi connectivity index (χ1) is 13.5. The molecule has 0 bridgehead atoms. The molecule has 0 fully saturated rings. The van der Waals surface area contributed by atoms with Crippen LogP contribution in [0.1, 0.15) is 35.7 Å². The molecule has 0 aromatic heterocycles. The Morgan fingerprint density at radius 3 is 2.36 bits per heavy atom. The number of hydrogen-bond acceptors (Lipinski definition) is 6. The first-order valence-corrected chi connectivity index (χ1v) is 8.97. The van der Waals surface area contributed by atoms with E-state index in [1.807, 2.05) is 6.92 Å². The molecule has 1 aliphatic rings. The SMILES string of the molecule is CCOc1ccc(OCC(=O)OCC(=O)c2ccc3c(c2)[C@H](C)C(=O)N3)cc1. The molecule has 0 spiro atoms. The minimum Gasteiger partial charge on any atom is -0.494 e. The number of Topliss-reactive ketones (excluding diaryl/α,β-unsaturated/α-hetero) is 1. The number of ether oxygens (including phenoxy) is 3. The monoisotopic (exact) mass is 383 g/mol. The Morgan fingerprint density at radius 1 is 1.00 bits per heavy atom. The number of anilines is 1. The number of hydrogen-bond donors (Lipinski definition) is 1. The Kier molecular flexibility index (Phi) is 5.93. The van der Waals surface area contributed by atoms with Crippen LogP contribution in [0.4, 0.5) is 5.69 Å². The lowest BCUT2D eigenvalue weighted by Crippen LogP contribution is -2.19. The maximum Gasteiger partial charge on any atom is 0.344 e. The number of fused-ring (bicyclic) bond motifs is 1. The highest BCUT2D eigenvalue weighted by Crippen LogP contribution is 2.32. The molecule has 1 aliphatic heterocycles. The molecule has 2 aromatic rings. The standard InChI is InChI=1S/C21H21NO6/c1-3-26-15-5-7-16(8-6-15)27-12-20(24)28-11-19(23)14-4-9-18-17(10-14)13(2)21(25)22-18/h4-10,13H,3,11-12H2,1-2H3,(H,22,25)/t13-/m0/s1. The van der Waals surface area contributed by atoms with Gasteiger partial charge in [0.05, 0.1) is 12.5 Å². The molecule has 0 aliphatic carbocycles. The molecule has 2 aromatic carbocycles. The number of ketones is 1. The van der Waals surface area contributed by atoms with Crippen molar-refractivity contribution in [3.8, 4) is 11.5 Å². The summed E-state index contributed by atoms with van der Waals surface area (Å²) in [6.07, 6.45) is 0. The van der Waals surface area contributed by atoms with E-state index in [2.05, 4.69) is 5.32 Å². The second kappa shape index (κ2) is 8.56. The van der Waals surface area contributed by atoms with Crippen molar-refractivity contribution in [2.24, 2.45) is 0 Å². The van der Waals surface area contributed by atoms with Crippen molar-refractivity contribution >= 4 is 23.3 Å². The third-order valence-corrected chi connectivity index (χ3v) is 4.35. The molecular weight excluding hydrogens is 362 g/mol.